The van der Waals surface area contributed by atoms with Gasteiger partial charge in [0.25, 0.3) is 0 Å². The maximum absolute atomic E-state index is 11.7. The van der Waals surface area contributed by atoms with Gasteiger partial charge in [-0.2, -0.15) is 0 Å². The largest absolute Gasteiger partial charge is 0.445 e. The molecule has 6 heteroatoms. The molecule has 0 bridgehead atoms. The van der Waals surface area contributed by atoms with Gasteiger partial charge in [0.1, 0.15) is 12.2 Å². The first-order chi connectivity index (χ1) is 12.3. The number of ether oxygens (including phenoxy) is 2. The Balaban J connectivity index is 2.13. The molecule has 2 N–H and O–H groups in total. The van der Waals surface area contributed by atoms with Gasteiger partial charge in [-0.1, -0.05) is 36.4 Å². The molecule has 0 aliphatic carbocycles. The molecule has 0 aliphatic rings. The Bertz CT molecular complexity index is 567. The Morgan fingerprint density at radius 3 is 2.46 bits per heavy atom. The van der Waals surface area contributed by atoms with Crippen LogP contribution in [0.3, 0.4) is 0 Å². The summed E-state index contributed by atoms with van der Waals surface area (Å²) >= 11 is 0. The molecule has 1 aromatic rings. The lowest BCUT2D eigenvalue weighted by Crippen LogP contribution is -2.38. The van der Waals surface area contributed by atoms with Gasteiger partial charge in [0.15, 0.2) is 0 Å². The molecular formula is C20H30N2O4. The minimum absolute atomic E-state index is 0.158. The van der Waals surface area contributed by atoms with Crippen LogP contribution in [0.25, 0.3) is 0 Å². The predicted molar refractivity (Wildman–Crippen MR) is 102 cm³/mol. The van der Waals surface area contributed by atoms with E-state index < -0.39 is 17.8 Å². The van der Waals surface area contributed by atoms with E-state index in [9.17, 15) is 9.59 Å². The molecule has 26 heavy (non-hydrogen) atoms. The van der Waals surface area contributed by atoms with Crippen LogP contribution in [0.4, 0.5) is 9.59 Å². The normalized spacial score (nSPS) is 12.0. The second-order valence-electron chi connectivity index (χ2n) is 6.97. The average Bonchev–Trinajstić information content (AvgIpc) is 2.58. The summed E-state index contributed by atoms with van der Waals surface area (Å²) < 4.78 is 10.4. The number of amides is 2. The van der Waals surface area contributed by atoms with Crippen molar-refractivity contribution in [1.82, 2.24) is 10.6 Å². The lowest BCUT2D eigenvalue weighted by Gasteiger charge is -2.22. The fourth-order valence-corrected chi connectivity index (χ4v) is 2.16. The number of rotatable bonds is 9. The number of carbonyl (C=O) groups is 2. The molecule has 0 spiro atoms. The molecule has 0 radical (unpaired) electrons. The molecule has 0 aliphatic heterocycles. The fourth-order valence-electron chi connectivity index (χ4n) is 2.16. The first kappa shape index (κ1) is 21.5. The molecule has 1 aromatic carbocycles. The Hall–Kier alpha value is -2.50. The summed E-state index contributed by atoms with van der Waals surface area (Å²) in [5.41, 5.74) is 0.421. The molecule has 0 saturated carbocycles. The third kappa shape index (κ3) is 10.4. The molecule has 2 amide bonds. The van der Waals surface area contributed by atoms with Crippen molar-refractivity contribution in [2.75, 3.05) is 6.54 Å². The highest BCUT2D eigenvalue weighted by molar-refractivity contribution is 5.68. The molecule has 144 valence electrons. The number of unbranched alkanes of at least 4 members (excludes halogenated alkanes) is 1. The van der Waals surface area contributed by atoms with E-state index >= 15 is 0 Å². The van der Waals surface area contributed by atoms with Crippen LogP contribution in [-0.2, 0) is 16.1 Å². The highest BCUT2D eigenvalue weighted by Gasteiger charge is 2.18. The zero-order valence-corrected chi connectivity index (χ0v) is 15.9. The Morgan fingerprint density at radius 1 is 1.15 bits per heavy atom. The topological polar surface area (TPSA) is 76.7 Å². The summed E-state index contributed by atoms with van der Waals surface area (Å²) in [6, 6.07) is 9.36. The molecule has 0 unspecified atom stereocenters. The van der Waals surface area contributed by atoms with Gasteiger partial charge in [-0.05, 0) is 45.6 Å². The monoisotopic (exact) mass is 362 g/mol. The summed E-state index contributed by atoms with van der Waals surface area (Å²) in [6.45, 7) is 9.96. The molecule has 0 heterocycles. The van der Waals surface area contributed by atoms with Crippen LogP contribution in [0.1, 0.15) is 45.6 Å². The van der Waals surface area contributed by atoms with Gasteiger partial charge in [-0.3, -0.25) is 0 Å². The van der Waals surface area contributed by atoms with Gasteiger partial charge in [-0.25, -0.2) is 9.59 Å². The summed E-state index contributed by atoms with van der Waals surface area (Å²) in [7, 11) is 0. The quantitative estimate of drug-likeness (QED) is 0.511. The molecule has 1 atom stereocenters. The lowest BCUT2D eigenvalue weighted by atomic mass is 10.1. The molecule has 0 fully saturated rings. The average molecular weight is 362 g/mol. The zero-order chi connectivity index (χ0) is 19.4. The van der Waals surface area contributed by atoms with E-state index in [0.717, 1.165) is 24.8 Å². The van der Waals surface area contributed by atoms with Gasteiger partial charge in [0.2, 0.25) is 0 Å². The molecule has 0 saturated heterocycles. The maximum Gasteiger partial charge on any atom is 0.408 e. The van der Waals surface area contributed by atoms with Crippen LogP contribution in [0.15, 0.2) is 43.0 Å². The summed E-state index contributed by atoms with van der Waals surface area (Å²) in [5.74, 6) is 0. The first-order valence-electron chi connectivity index (χ1n) is 8.87. The highest BCUT2D eigenvalue weighted by Crippen LogP contribution is 2.08. The second kappa shape index (κ2) is 11.2. The maximum atomic E-state index is 11.7. The summed E-state index contributed by atoms with van der Waals surface area (Å²) in [4.78, 5) is 23.4. The Labute approximate surface area is 156 Å². The van der Waals surface area contributed by atoms with Crippen molar-refractivity contribution in [1.29, 1.82) is 0 Å². The third-order valence-corrected chi connectivity index (χ3v) is 3.41. The highest BCUT2D eigenvalue weighted by atomic mass is 16.6. The van der Waals surface area contributed by atoms with E-state index in [1.165, 1.54) is 0 Å². The zero-order valence-electron chi connectivity index (χ0n) is 15.9. The van der Waals surface area contributed by atoms with Crippen LogP contribution in [0, 0.1) is 0 Å². The van der Waals surface area contributed by atoms with Crippen molar-refractivity contribution < 1.29 is 19.1 Å². The Morgan fingerprint density at radius 2 is 1.85 bits per heavy atom. The SMILES string of the molecule is C=C[C@H](CCCCNC(=O)OCc1ccccc1)NC(=O)OC(C)(C)C. The summed E-state index contributed by atoms with van der Waals surface area (Å²) in [5, 5.41) is 5.49. The van der Waals surface area contributed by atoms with Gasteiger partial charge >= 0.3 is 12.2 Å². The van der Waals surface area contributed by atoms with Crippen LogP contribution < -0.4 is 10.6 Å². The van der Waals surface area contributed by atoms with Gasteiger partial charge in [0.05, 0.1) is 6.04 Å². The van der Waals surface area contributed by atoms with Gasteiger partial charge < -0.3 is 20.1 Å². The number of nitrogens with one attached hydrogen (secondary N) is 2. The van der Waals surface area contributed by atoms with E-state index in [2.05, 4.69) is 17.2 Å². The van der Waals surface area contributed by atoms with Crippen molar-refractivity contribution in [2.45, 2.75) is 58.3 Å². The predicted octanol–water partition coefficient (Wildman–Crippen LogP) is 4.16. The molecule has 0 aromatic heterocycles. The third-order valence-electron chi connectivity index (χ3n) is 3.41. The van der Waals surface area contributed by atoms with E-state index in [1.54, 1.807) is 6.08 Å². The number of hydrogen-bond acceptors (Lipinski definition) is 4. The number of alkyl carbamates (subject to hydrolysis) is 2. The van der Waals surface area contributed by atoms with Crippen LogP contribution in [-0.4, -0.2) is 30.4 Å². The van der Waals surface area contributed by atoms with Gasteiger partial charge in [0, 0.05) is 6.54 Å². The second-order valence-corrected chi connectivity index (χ2v) is 6.97. The van der Waals surface area contributed by atoms with Crippen molar-refractivity contribution in [2.24, 2.45) is 0 Å². The Kier molecular flexibility index (Phi) is 9.26. The summed E-state index contributed by atoms with van der Waals surface area (Å²) in [6.07, 6.45) is 3.13. The molecule has 1 rings (SSSR count). The van der Waals surface area contributed by atoms with Gasteiger partial charge in [-0.15, -0.1) is 6.58 Å². The van der Waals surface area contributed by atoms with Crippen molar-refractivity contribution in [3.8, 4) is 0 Å². The number of benzene rings is 1. The minimum Gasteiger partial charge on any atom is -0.445 e. The fraction of sp³-hybridized carbons (Fsp3) is 0.500. The molecular weight excluding hydrogens is 332 g/mol. The lowest BCUT2D eigenvalue weighted by molar-refractivity contribution is 0.0512. The van der Waals surface area contributed by atoms with Crippen LogP contribution in [0.5, 0.6) is 0 Å². The van der Waals surface area contributed by atoms with E-state index in [0.29, 0.717) is 6.54 Å². The van der Waals surface area contributed by atoms with Crippen molar-refractivity contribution in [3.63, 3.8) is 0 Å². The van der Waals surface area contributed by atoms with Crippen LogP contribution in [0.2, 0.25) is 0 Å². The standard InChI is InChI=1S/C20H30N2O4/c1-5-17(22-19(24)26-20(2,3)4)13-9-10-14-21-18(23)25-15-16-11-7-6-8-12-16/h5-8,11-12,17H,1,9-10,13-15H2,2-4H3,(H,21,23)(H,22,24)/t17-/m1/s1. The smallest absolute Gasteiger partial charge is 0.408 e. The number of hydrogen-bond donors (Lipinski definition) is 2. The van der Waals surface area contributed by atoms with E-state index in [4.69, 9.17) is 9.47 Å². The van der Waals surface area contributed by atoms with Crippen molar-refractivity contribution >= 4 is 12.2 Å². The molecule has 6 nitrogen and oxygen atoms in total. The first-order valence-corrected chi connectivity index (χ1v) is 8.87. The van der Waals surface area contributed by atoms with E-state index in [1.807, 2.05) is 51.1 Å². The minimum atomic E-state index is -0.528. The van der Waals surface area contributed by atoms with E-state index in [-0.39, 0.29) is 12.6 Å². The van der Waals surface area contributed by atoms with Crippen LogP contribution >= 0.6 is 0 Å². The number of carbonyl (C=O) groups excluding carboxylic acids is 2. The van der Waals surface area contributed by atoms with Crippen molar-refractivity contribution in [3.05, 3.63) is 48.6 Å².